The Morgan fingerprint density at radius 2 is 2.06 bits per heavy atom. The summed E-state index contributed by atoms with van der Waals surface area (Å²) < 4.78 is 0. The first-order valence-corrected chi connectivity index (χ1v) is 8.29. The molecule has 0 amide bonds. The summed E-state index contributed by atoms with van der Waals surface area (Å²) in [6.07, 6.45) is 9.85. The van der Waals surface area contributed by atoms with Gasteiger partial charge < -0.3 is 5.32 Å². The molecule has 0 bridgehead atoms. The summed E-state index contributed by atoms with van der Waals surface area (Å²) in [5, 5.41) is 3.72. The summed E-state index contributed by atoms with van der Waals surface area (Å²) in [6.45, 7) is 5.89. The van der Waals surface area contributed by atoms with E-state index in [9.17, 15) is 0 Å². The Labute approximate surface area is 106 Å². The largest absolute Gasteiger partial charge is 0.313 e. The minimum atomic E-state index is 0.819. The van der Waals surface area contributed by atoms with Crippen molar-refractivity contribution in [1.82, 2.24) is 5.32 Å². The van der Waals surface area contributed by atoms with E-state index >= 15 is 0 Å². The highest BCUT2D eigenvalue weighted by Gasteiger charge is 2.17. The summed E-state index contributed by atoms with van der Waals surface area (Å²) >= 11 is 2.12. The first-order chi connectivity index (χ1) is 7.83. The van der Waals surface area contributed by atoms with Crippen molar-refractivity contribution in [3.8, 4) is 0 Å². The Hall–Kier alpha value is 0.310. The third-order valence-corrected chi connectivity index (χ3v) is 4.58. The maximum absolute atomic E-state index is 3.72. The van der Waals surface area contributed by atoms with E-state index < -0.39 is 0 Å². The van der Waals surface area contributed by atoms with E-state index in [1.807, 2.05) is 0 Å². The van der Waals surface area contributed by atoms with Crippen LogP contribution in [-0.2, 0) is 0 Å². The molecule has 16 heavy (non-hydrogen) atoms. The Bertz CT molecular complexity index is 161. The summed E-state index contributed by atoms with van der Waals surface area (Å²) in [5.41, 5.74) is 0. The van der Waals surface area contributed by atoms with Crippen LogP contribution < -0.4 is 5.32 Å². The minimum Gasteiger partial charge on any atom is -0.313 e. The number of nitrogens with one attached hydrogen (secondary N) is 1. The average molecular weight is 243 g/mol. The van der Waals surface area contributed by atoms with Crippen LogP contribution in [0.15, 0.2) is 0 Å². The lowest BCUT2D eigenvalue weighted by molar-refractivity contribution is 0.306. The molecule has 2 unspecified atom stereocenters. The average Bonchev–Trinajstić information content (AvgIpc) is 2.28. The number of thioether (sulfide) groups is 1. The Balaban J connectivity index is 1.86. The van der Waals surface area contributed by atoms with Crippen LogP contribution in [0.2, 0.25) is 0 Å². The number of hydrogen-bond donors (Lipinski definition) is 1. The highest BCUT2D eigenvalue weighted by Crippen LogP contribution is 2.23. The van der Waals surface area contributed by atoms with Gasteiger partial charge in [-0.25, -0.2) is 0 Å². The van der Waals surface area contributed by atoms with E-state index in [-0.39, 0.29) is 0 Å². The van der Waals surface area contributed by atoms with E-state index in [1.54, 1.807) is 0 Å². The molecule has 2 atom stereocenters. The molecule has 0 aromatic carbocycles. The van der Waals surface area contributed by atoms with Gasteiger partial charge in [0.1, 0.15) is 0 Å². The van der Waals surface area contributed by atoms with Crippen molar-refractivity contribution in [3.05, 3.63) is 0 Å². The van der Waals surface area contributed by atoms with Gasteiger partial charge in [0.2, 0.25) is 0 Å². The molecular formula is C14H29NS. The molecule has 0 aromatic rings. The fourth-order valence-electron chi connectivity index (χ4n) is 2.51. The quantitative estimate of drug-likeness (QED) is 0.645. The molecular weight excluding hydrogens is 214 g/mol. The maximum Gasteiger partial charge on any atom is 0.00699 e. The maximum atomic E-state index is 3.72. The molecule has 0 radical (unpaired) electrons. The predicted molar refractivity (Wildman–Crippen MR) is 76.3 cm³/mol. The van der Waals surface area contributed by atoms with Gasteiger partial charge in [-0.2, -0.15) is 11.8 Å². The van der Waals surface area contributed by atoms with Gasteiger partial charge in [0.15, 0.2) is 0 Å². The third kappa shape index (κ3) is 6.80. The Morgan fingerprint density at radius 1 is 1.19 bits per heavy atom. The first kappa shape index (κ1) is 14.4. The first-order valence-electron chi connectivity index (χ1n) is 7.14. The fraction of sp³-hybridized carbons (Fsp3) is 1.00. The van der Waals surface area contributed by atoms with Crippen LogP contribution in [0, 0.1) is 5.92 Å². The van der Waals surface area contributed by atoms with Crippen LogP contribution in [0.1, 0.15) is 58.8 Å². The molecule has 1 aliphatic carbocycles. The minimum absolute atomic E-state index is 0.819. The van der Waals surface area contributed by atoms with Crippen LogP contribution in [0.25, 0.3) is 0 Å². The van der Waals surface area contributed by atoms with E-state index in [1.165, 1.54) is 63.0 Å². The van der Waals surface area contributed by atoms with Crippen LogP contribution in [0.4, 0.5) is 0 Å². The van der Waals surface area contributed by atoms with E-state index in [4.69, 9.17) is 0 Å². The number of rotatable bonds is 8. The lowest BCUT2D eigenvalue weighted by atomic mass is 9.87. The summed E-state index contributed by atoms with van der Waals surface area (Å²) in [7, 11) is 0. The fourth-order valence-corrected chi connectivity index (χ4v) is 3.39. The monoisotopic (exact) mass is 243 g/mol. The van der Waals surface area contributed by atoms with Crippen molar-refractivity contribution in [2.75, 3.05) is 18.1 Å². The molecule has 1 rings (SSSR count). The molecule has 0 aliphatic heterocycles. The highest BCUT2D eigenvalue weighted by atomic mass is 32.2. The van der Waals surface area contributed by atoms with Crippen LogP contribution in [0.3, 0.4) is 0 Å². The highest BCUT2D eigenvalue weighted by molar-refractivity contribution is 7.99. The molecule has 0 aromatic heterocycles. The van der Waals surface area contributed by atoms with Gasteiger partial charge in [-0.15, -0.1) is 0 Å². The predicted octanol–water partition coefficient (Wildman–Crippen LogP) is 4.08. The molecule has 96 valence electrons. The molecule has 1 nitrogen and oxygen atoms in total. The lowest BCUT2D eigenvalue weighted by Crippen LogP contribution is -2.34. The molecule has 0 heterocycles. The van der Waals surface area contributed by atoms with Gasteiger partial charge in [0, 0.05) is 18.3 Å². The van der Waals surface area contributed by atoms with Crippen molar-refractivity contribution >= 4 is 11.8 Å². The second-order valence-electron chi connectivity index (χ2n) is 5.24. The lowest BCUT2D eigenvalue weighted by Gasteiger charge is -2.27. The second-order valence-corrected chi connectivity index (χ2v) is 6.47. The smallest absolute Gasteiger partial charge is 0.00699 e. The zero-order valence-electron chi connectivity index (χ0n) is 11.1. The van der Waals surface area contributed by atoms with Crippen molar-refractivity contribution < 1.29 is 0 Å². The summed E-state index contributed by atoms with van der Waals surface area (Å²) in [5.74, 6) is 3.61. The summed E-state index contributed by atoms with van der Waals surface area (Å²) in [4.78, 5) is 0. The SMILES string of the molecule is CCCCCSCCNC1CCCC(C)C1. The molecule has 1 fully saturated rings. The Kier molecular flexibility index (Phi) is 8.40. The Morgan fingerprint density at radius 3 is 2.81 bits per heavy atom. The molecule has 0 spiro atoms. The molecule has 1 aliphatic rings. The van der Waals surface area contributed by atoms with Gasteiger partial charge in [-0.1, -0.05) is 39.5 Å². The third-order valence-electron chi connectivity index (χ3n) is 3.51. The topological polar surface area (TPSA) is 12.0 Å². The second kappa shape index (κ2) is 9.35. The van der Waals surface area contributed by atoms with Gasteiger partial charge >= 0.3 is 0 Å². The van der Waals surface area contributed by atoms with Crippen LogP contribution >= 0.6 is 11.8 Å². The van der Waals surface area contributed by atoms with Crippen LogP contribution in [-0.4, -0.2) is 24.1 Å². The van der Waals surface area contributed by atoms with E-state index in [0.29, 0.717) is 0 Å². The van der Waals surface area contributed by atoms with Crippen molar-refractivity contribution in [1.29, 1.82) is 0 Å². The van der Waals surface area contributed by atoms with Gasteiger partial charge in [0.05, 0.1) is 0 Å². The van der Waals surface area contributed by atoms with Crippen molar-refractivity contribution in [2.45, 2.75) is 64.8 Å². The van der Waals surface area contributed by atoms with E-state index in [2.05, 4.69) is 30.9 Å². The standard InChI is InChI=1S/C14H29NS/c1-3-4-5-10-16-11-9-15-14-8-6-7-13(2)12-14/h13-15H,3-12H2,1-2H3. The van der Waals surface area contributed by atoms with Gasteiger partial charge in [-0.05, 0) is 30.9 Å². The zero-order valence-corrected chi connectivity index (χ0v) is 12.0. The zero-order chi connectivity index (χ0) is 11.6. The van der Waals surface area contributed by atoms with Gasteiger partial charge in [0.25, 0.3) is 0 Å². The molecule has 2 heteroatoms. The van der Waals surface area contributed by atoms with Crippen LogP contribution in [0.5, 0.6) is 0 Å². The van der Waals surface area contributed by atoms with E-state index in [0.717, 1.165) is 12.0 Å². The number of unbranched alkanes of at least 4 members (excludes halogenated alkanes) is 2. The van der Waals surface area contributed by atoms with Gasteiger partial charge in [-0.3, -0.25) is 0 Å². The molecule has 0 saturated heterocycles. The van der Waals surface area contributed by atoms with Crippen molar-refractivity contribution in [3.63, 3.8) is 0 Å². The normalized spacial score (nSPS) is 25.9. The molecule has 1 N–H and O–H groups in total. The van der Waals surface area contributed by atoms with Crippen molar-refractivity contribution in [2.24, 2.45) is 5.92 Å². The number of hydrogen-bond acceptors (Lipinski definition) is 2. The molecule has 1 saturated carbocycles. The summed E-state index contributed by atoms with van der Waals surface area (Å²) in [6, 6.07) is 0.819.